The van der Waals surface area contributed by atoms with E-state index in [9.17, 15) is 0 Å². The van der Waals surface area contributed by atoms with Crippen LogP contribution in [0.1, 0.15) is 32.2 Å². The van der Waals surface area contributed by atoms with E-state index in [-0.39, 0.29) is 5.41 Å². The molecule has 3 aromatic rings. The second-order valence-electron chi connectivity index (χ2n) is 6.79. The van der Waals surface area contributed by atoms with E-state index in [2.05, 4.69) is 53.5 Å². The van der Waals surface area contributed by atoms with Gasteiger partial charge in [0.2, 0.25) is 0 Å². The first-order valence-corrected chi connectivity index (χ1v) is 8.07. The van der Waals surface area contributed by atoms with Gasteiger partial charge in [-0.15, -0.1) is 15.3 Å². The molecule has 2 aromatic heterocycles. The Labute approximate surface area is 141 Å². The molecule has 24 heavy (non-hydrogen) atoms. The molecule has 1 N–H and O–H groups in total. The molecule has 0 aliphatic heterocycles. The van der Waals surface area contributed by atoms with E-state index in [1.807, 2.05) is 28.8 Å². The topological polar surface area (TPSA) is 64.3 Å². The van der Waals surface area contributed by atoms with Crippen LogP contribution in [0.3, 0.4) is 0 Å². The van der Waals surface area contributed by atoms with E-state index < -0.39 is 0 Å². The molecule has 0 saturated carbocycles. The number of anilines is 1. The third kappa shape index (κ3) is 3.48. The van der Waals surface area contributed by atoms with Gasteiger partial charge >= 0.3 is 0 Å². The molecule has 3 rings (SSSR count). The van der Waals surface area contributed by atoms with Crippen molar-refractivity contribution in [3.63, 3.8) is 0 Å². The molecule has 0 atom stereocenters. The van der Waals surface area contributed by atoms with E-state index in [1.54, 1.807) is 7.11 Å². The van der Waals surface area contributed by atoms with Crippen LogP contribution in [0, 0.1) is 0 Å². The van der Waals surface area contributed by atoms with Gasteiger partial charge in [-0.2, -0.15) is 4.52 Å². The third-order valence-electron chi connectivity index (χ3n) is 3.79. The lowest BCUT2D eigenvalue weighted by molar-refractivity contribution is 0.414. The average molecular weight is 325 g/mol. The Bertz CT molecular complexity index is 835. The number of benzene rings is 1. The Morgan fingerprint density at radius 3 is 2.71 bits per heavy atom. The number of hydrogen-bond donors (Lipinski definition) is 1. The van der Waals surface area contributed by atoms with Crippen molar-refractivity contribution in [1.82, 2.24) is 19.8 Å². The Kier molecular flexibility index (Phi) is 4.38. The fourth-order valence-electron chi connectivity index (χ4n) is 2.51. The van der Waals surface area contributed by atoms with E-state index in [4.69, 9.17) is 4.74 Å². The molecule has 6 nitrogen and oxygen atoms in total. The Hall–Kier alpha value is -2.63. The smallest absolute Gasteiger partial charge is 0.178 e. The highest BCUT2D eigenvalue weighted by molar-refractivity contribution is 5.44. The van der Waals surface area contributed by atoms with Crippen molar-refractivity contribution < 1.29 is 4.74 Å². The number of rotatable bonds is 5. The minimum atomic E-state index is -0.106. The minimum absolute atomic E-state index is 0.106. The van der Waals surface area contributed by atoms with Crippen LogP contribution < -0.4 is 10.1 Å². The Balaban J connectivity index is 1.71. The number of nitrogens with zero attached hydrogens (tertiary/aromatic N) is 4. The van der Waals surface area contributed by atoms with Crippen molar-refractivity contribution in [1.29, 1.82) is 0 Å². The van der Waals surface area contributed by atoms with Crippen LogP contribution in [0.25, 0.3) is 5.65 Å². The van der Waals surface area contributed by atoms with Crippen molar-refractivity contribution >= 4 is 11.5 Å². The summed E-state index contributed by atoms with van der Waals surface area (Å²) in [5, 5.41) is 16.4. The predicted molar refractivity (Wildman–Crippen MR) is 94.7 cm³/mol. The summed E-state index contributed by atoms with van der Waals surface area (Å²) in [4.78, 5) is 0. The molecular formula is C18H23N5O. The van der Waals surface area contributed by atoms with Crippen LogP contribution in [-0.2, 0) is 11.8 Å². The summed E-state index contributed by atoms with van der Waals surface area (Å²) in [5.41, 5.74) is 1.88. The molecule has 6 heteroatoms. The van der Waals surface area contributed by atoms with Gasteiger partial charge in [-0.1, -0.05) is 32.9 Å². The van der Waals surface area contributed by atoms with Gasteiger partial charge in [-0.3, -0.25) is 0 Å². The van der Waals surface area contributed by atoms with Gasteiger partial charge in [0, 0.05) is 12.0 Å². The fourth-order valence-corrected chi connectivity index (χ4v) is 2.51. The molecule has 0 amide bonds. The Morgan fingerprint density at radius 2 is 1.96 bits per heavy atom. The first-order chi connectivity index (χ1) is 11.5. The van der Waals surface area contributed by atoms with Crippen molar-refractivity contribution in [3.8, 4) is 5.75 Å². The van der Waals surface area contributed by atoms with Gasteiger partial charge in [0.1, 0.15) is 11.6 Å². The highest BCUT2D eigenvalue weighted by atomic mass is 16.5. The molecule has 1 aromatic carbocycles. The summed E-state index contributed by atoms with van der Waals surface area (Å²) in [6.45, 7) is 7.11. The zero-order chi connectivity index (χ0) is 17.2. The molecule has 2 heterocycles. The van der Waals surface area contributed by atoms with Crippen LogP contribution in [0.2, 0.25) is 0 Å². The van der Waals surface area contributed by atoms with Gasteiger partial charge < -0.3 is 10.1 Å². The lowest BCUT2D eigenvalue weighted by Crippen LogP contribution is -2.18. The van der Waals surface area contributed by atoms with Crippen LogP contribution in [-0.4, -0.2) is 33.5 Å². The van der Waals surface area contributed by atoms with Crippen LogP contribution >= 0.6 is 0 Å². The SMILES string of the molecule is COc1cccc(CCNc2ccc3nnc(C(C)(C)C)n3n2)c1. The lowest BCUT2D eigenvalue weighted by Gasteiger charge is -2.15. The predicted octanol–water partition coefficient (Wildman–Crippen LogP) is 3.09. The number of nitrogens with one attached hydrogen (secondary N) is 1. The third-order valence-corrected chi connectivity index (χ3v) is 3.79. The largest absolute Gasteiger partial charge is 0.497 e. The van der Waals surface area contributed by atoms with Crippen LogP contribution in [0.5, 0.6) is 5.75 Å². The monoisotopic (exact) mass is 325 g/mol. The minimum Gasteiger partial charge on any atom is -0.497 e. The zero-order valence-corrected chi connectivity index (χ0v) is 14.6. The van der Waals surface area contributed by atoms with E-state index in [0.717, 1.165) is 36.0 Å². The quantitative estimate of drug-likeness (QED) is 0.781. The lowest BCUT2D eigenvalue weighted by atomic mass is 9.96. The van der Waals surface area contributed by atoms with E-state index >= 15 is 0 Å². The van der Waals surface area contributed by atoms with Crippen molar-refractivity contribution in [2.24, 2.45) is 0 Å². The highest BCUT2D eigenvalue weighted by Crippen LogP contribution is 2.20. The molecule has 126 valence electrons. The van der Waals surface area contributed by atoms with E-state index in [0.29, 0.717) is 0 Å². The average Bonchev–Trinajstić information content (AvgIpc) is 2.98. The van der Waals surface area contributed by atoms with Crippen LogP contribution in [0.4, 0.5) is 5.82 Å². The summed E-state index contributed by atoms with van der Waals surface area (Å²) < 4.78 is 7.07. The molecule has 0 unspecified atom stereocenters. The summed E-state index contributed by atoms with van der Waals surface area (Å²) >= 11 is 0. The zero-order valence-electron chi connectivity index (χ0n) is 14.6. The van der Waals surface area contributed by atoms with Gasteiger partial charge in [0.25, 0.3) is 0 Å². The van der Waals surface area contributed by atoms with Gasteiger partial charge in [-0.05, 0) is 36.2 Å². The summed E-state index contributed by atoms with van der Waals surface area (Å²) in [6, 6.07) is 12.0. The van der Waals surface area contributed by atoms with Crippen molar-refractivity contribution in [2.75, 3.05) is 19.0 Å². The normalized spacial score (nSPS) is 11.7. The highest BCUT2D eigenvalue weighted by Gasteiger charge is 2.21. The molecule has 0 aliphatic rings. The first kappa shape index (κ1) is 16.2. The summed E-state index contributed by atoms with van der Waals surface area (Å²) in [5.74, 6) is 2.55. The molecule has 0 bridgehead atoms. The molecule has 0 spiro atoms. The molecule has 0 fully saturated rings. The maximum absolute atomic E-state index is 5.25. The maximum atomic E-state index is 5.25. The number of ether oxygens (including phenoxy) is 1. The van der Waals surface area contributed by atoms with Gasteiger partial charge in [0.05, 0.1) is 7.11 Å². The Morgan fingerprint density at radius 1 is 1.12 bits per heavy atom. The first-order valence-electron chi connectivity index (χ1n) is 8.07. The standard InChI is InChI=1S/C18H23N5O/c1-18(2,3)17-21-20-16-9-8-15(22-23(16)17)19-11-10-13-6-5-7-14(12-13)24-4/h5-9,12H,10-11H2,1-4H3,(H,19,22). The number of fused-ring (bicyclic) bond motifs is 1. The van der Waals surface area contributed by atoms with E-state index in [1.165, 1.54) is 5.56 Å². The molecule has 0 aliphatic carbocycles. The second kappa shape index (κ2) is 6.47. The summed E-state index contributed by atoms with van der Waals surface area (Å²) in [6.07, 6.45) is 0.894. The van der Waals surface area contributed by atoms with Crippen LogP contribution in [0.15, 0.2) is 36.4 Å². The van der Waals surface area contributed by atoms with Crippen molar-refractivity contribution in [2.45, 2.75) is 32.6 Å². The van der Waals surface area contributed by atoms with Gasteiger partial charge in [-0.25, -0.2) is 0 Å². The molecule has 0 saturated heterocycles. The fraction of sp³-hybridized carbons (Fsp3) is 0.389. The number of aromatic nitrogens is 4. The molecule has 0 radical (unpaired) electrons. The van der Waals surface area contributed by atoms with Crippen molar-refractivity contribution in [3.05, 3.63) is 47.8 Å². The molecular weight excluding hydrogens is 302 g/mol. The van der Waals surface area contributed by atoms with Gasteiger partial charge in [0.15, 0.2) is 11.5 Å². The number of methoxy groups -OCH3 is 1. The summed E-state index contributed by atoms with van der Waals surface area (Å²) in [7, 11) is 1.68. The number of hydrogen-bond acceptors (Lipinski definition) is 5. The second-order valence-corrected chi connectivity index (χ2v) is 6.79. The maximum Gasteiger partial charge on any atom is 0.178 e.